The van der Waals surface area contributed by atoms with Gasteiger partial charge in [0, 0.05) is 12.1 Å². The molecule has 25 heavy (non-hydrogen) atoms. The molecule has 2 saturated carbocycles. The Balaban J connectivity index is 2.20. The molecule has 0 aliphatic heterocycles. The maximum atomic E-state index is 4.38. The summed E-state index contributed by atoms with van der Waals surface area (Å²) >= 11 is 0. The third-order valence-electron chi connectivity index (χ3n) is 8.14. The lowest BCUT2D eigenvalue weighted by Gasteiger charge is -2.50. The average molecular weight is 350 g/mol. The molecule has 2 atom stereocenters. The molecule has 2 rings (SSSR count). The molecule has 2 aliphatic carbocycles. The molecule has 0 aromatic rings. The summed E-state index contributed by atoms with van der Waals surface area (Å²) in [4.78, 5) is 0. The smallest absolute Gasteiger partial charge is 0.0126 e. The summed E-state index contributed by atoms with van der Waals surface area (Å²) < 4.78 is 0. The zero-order valence-corrected chi connectivity index (χ0v) is 18.0. The molecule has 0 radical (unpaired) electrons. The highest BCUT2D eigenvalue weighted by atomic mass is 15.0. The van der Waals surface area contributed by atoms with Gasteiger partial charge >= 0.3 is 0 Å². The minimum absolute atomic E-state index is 0.587. The summed E-state index contributed by atoms with van der Waals surface area (Å²) in [5.41, 5.74) is 1.17. The Morgan fingerprint density at radius 2 is 0.960 bits per heavy atom. The molecule has 0 saturated heterocycles. The molecule has 1 N–H and O–H groups in total. The second-order valence-electron chi connectivity index (χ2n) is 9.40. The summed E-state index contributed by atoms with van der Waals surface area (Å²) in [7, 11) is 0. The SMILES string of the molecule is CCCC(NC(CCC)C1(CC)CCCCC1)C1(CC)CCCCC1. The monoisotopic (exact) mass is 349 g/mol. The van der Waals surface area contributed by atoms with Gasteiger partial charge in [-0.2, -0.15) is 0 Å². The summed E-state index contributed by atoms with van der Waals surface area (Å²) in [6, 6.07) is 1.51. The van der Waals surface area contributed by atoms with Gasteiger partial charge in [-0.1, -0.05) is 79.1 Å². The van der Waals surface area contributed by atoms with Crippen LogP contribution in [0.1, 0.15) is 130 Å². The van der Waals surface area contributed by atoms with Crippen molar-refractivity contribution in [3.8, 4) is 0 Å². The lowest BCUT2D eigenvalue weighted by molar-refractivity contribution is 0.0501. The van der Waals surface area contributed by atoms with Crippen molar-refractivity contribution >= 4 is 0 Å². The molecule has 0 aromatic heterocycles. The predicted octanol–water partition coefficient (Wildman–Crippen LogP) is 7.63. The Morgan fingerprint density at radius 3 is 1.24 bits per heavy atom. The molecule has 0 bridgehead atoms. The van der Waals surface area contributed by atoms with Gasteiger partial charge in [-0.15, -0.1) is 0 Å². The van der Waals surface area contributed by atoms with Gasteiger partial charge < -0.3 is 5.32 Å². The topological polar surface area (TPSA) is 12.0 Å². The zero-order chi connectivity index (χ0) is 18.2. The normalized spacial score (nSPS) is 25.4. The minimum atomic E-state index is 0.587. The molecule has 0 heterocycles. The van der Waals surface area contributed by atoms with Crippen LogP contribution in [0.15, 0.2) is 0 Å². The van der Waals surface area contributed by atoms with Gasteiger partial charge in [0.05, 0.1) is 0 Å². The van der Waals surface area contributed by atoms with E-state index in [4.69, 9.17) is 0 Å². The summed E-state index contributed by atoms with van der Waals surface area (Å²) in [6.45, 7) is 9.74. The molecular formula is C24H47N. The summed E-state index contributed by atoms with van der Waals surface area (Å²) in [5.74, 6) is 0. The number of nitrogens with one attached hydrogen (secondary N) is 1. The predicted molar refractivity (Wildman–Crippen MR) is 112 cm³/mol. The van der Waals surface area contributed by atoms with Crippen molar-refractivity contribution < 1.29 is 0 Å². The van der Waals surface area contributed by atoms with Crippen molar-refractivity contribution in [1.29, 1.82) is 0 Å². The summed E-state index contributed by atoms with van der Waals surface area (Å²) in [5, 5.41) is 4.38. The van der Waals surface area contributed by atoms with Crippen molar-refractivity contribution in [2.24, 2.45) is 10.8 Å². The zero-order valence-electron chi connectivity index (χ0n) is 18.0. The van der Waals surface area contributed by atoms with Crippen LogP contribution in [0.4, 0.5) is 0 Å². The number of rotatable bonds is 10. The van der Waals surface area contributed by atoms with Crippen molar-refractivity contribution in [1.82, 2.24) is 5.32 Å². The van der Waals surface area contributed by atoms with Crippen LogP contribution in [-0.4, -0.2) is 12.1 Å². The minimum Gasteiger partial charge on any atom is -0.310 e. The molecule has 0 amide bonds. The fourth-order valence-electron chi connectivity index (χ4n) is 6.36. The van der Waals surface area contributed by atoms with Crippen LogP contribution >= 0.6 is 0 Å². The van der Waals surface area contributed by atoms with Gasteiger partial charge in [0.2, 0.25) is 0 Å². The van der Waals surface area contributed by atoms with Gasteiger partial charge in [-0.25, -0.2) is 0 Å². The lowest BCUT2D eigenvalue weighted by atomic mass is 9.63. The largest absolute Gasteiger partial charge is 0.310 e. The van der Waals surface area contributed by atoms with E-state index in [0.29, 0.717) is 10.8 Å². The molecule has 0 aromatic carbocycles. The van der Waals surface area contributed by atoms with E-state index in [1.165, 1.54) is 103 Å². The average Bonchev–Trinajstić information content (AvgIpc) is 2.68. The van der Waals surface area contributed by atoms with Crippen molar-refractivity contribution in [3.05, 3.63) is 0 Å². The molecule has 148 valence electrons. The quantitative estimate of drug-likeness (QED) is 0.427. The Morgan fingerprint density at radius 1 is 0.600 bits per heavy atom. The standard InChI is InChI=1S/C24H47N/c1-5-15-21(23(7-3)17-11-9-12-18-23)25-22(16-6-2)24(8-4)19-13-10-14-20-24/h21-22,25H,5-20H2,1-4H3. The third kappa shape index (κ3) is 5.02. The highest BCUT2D eigenvalue weighted by Gasteiger charge is 2.43. The van der Waals surface area contributed by atoms with Crippen LogP contribution in [0.2, 0.25) is 0 Å². The lowest BCUT2D eigenvalue weighted by Crippen LogP contribution is -2.55. The summed E-state index contributed by atoms with van der Waals surface area (Å²) in [6.07, 6.45) is 22.9. The van der Waals surface area contributed by atoms with E-state index in [2.05, 4.69) is 33.0 Å². The third-order valence-corrected chi connectivity index (χ3v) is 8.14. The van der Waals surface area contributed by atoms with E-state index < -0.39 is 0 Å². The van der Waals surface area contributed by atoms with Crippen LogP contribution in [0, 0.1) is 10.8 Å². The first-order chi connectivity index (χ1) is 12.2. The van der Waals surface area contributed by atoms with Crippen molar-refractivity contribution in [2.45, 2.75) is 143 Å². The first-order valence-electron chi connectivity index (χ1n) is 11.9. The van der Waals surface area contributed by atoms with E-state index in [-0.39, 0.29) is 0 Å². The Hall–Kier alpha value is -0.0400. The Bertz CT molecular complexity index is 315. The van der Waals surface area contributed by atoms with Gasteiger partial charge in [0.1, 0.15) is 0 Å². The van der Waals surface area contributed by atoms with Crippen molar-refractivity contribution in [3.63, 3.8) is 0 Å². The number of hydrogen-bond acceptors (Lipinski definition) is 1. The van der Waals surface area contributed by atoms with E-state index >= 15 is 0 Å². The molecule has 0 spiro atoms. The van der Waals surface area contributed by atoms with Crippen LogP contribution in [0.25, 0.3) is 0 Å². The molecule has 2 fully saturated rings. The van der Waals surface area contributed by atoms with Crippen LogP contribution in [0.5, 0.6) is 0 Å². The van der Waals surface area contributed by atoms with Gasteiger partial charge in [-0.3, -0.25) is 0 Å². The van der Waals surface area contributed by atoms with E-state index in [1.54, 1.807) is 0 Å². The van der Waals surface area contributed by atoms with Gasteiger partial charge in [0.15, 0.2) is 0 Å². The molecule has 2 aliphatic rings. The van der Waals surface area contributed by atoms with E-state index in [1.807, 2.05) is 0 Å². The van der Waals surface area contributed by atoms with E-state index in [9.17, 15) is 0 Å². The number of hydrogen-bond donors (Lipinski definition) is 1. The molecule has 1 heteroatoms. The van der Waals surface area contributed by atoms with E-state index in [0.717, 1.165) is 12.1 Å². The van der Waals surface area contributed by atoms with Crippen LogP contribution < -0.4 is 5.32 Å². The van der Waals surface area contributed by atoms with Crippen LogP contribution in [-0.2, 0) is 0 Å². The maximum Gasteiger partial charge on any atom is 0.0126 e. The van der Waals surface area contributed by atoms with Gasteiger partial charge in [0.25, 0.3) is 0 Å². The second-order valence-corrected chi connectivity index (χ2v) is 9.40. The van der Waals surface area contributed by atoms with Crippen molar-refractivity contribution in [2.75, 3.05) is 0 Å². The first-order valence-corrected chi connectivity index (χ1v) is 11.9. The Kier molecular flexibility index (Phi) is 8.79. The van der Waals surface area contributed by atoms with Crippen LogP contribution in [0.3, 0.4) is 0 Å². The first kappa shape index (κ1) is 21.3. The molecular weight excluding hydrogens is 302 g/mol. The highest BCUT2D eigenvalue weighted by molar-refractivity contribution is 4.99. The molecule has 1 nitrogen and oxygen atoms in total. The molecule has 2 unspecified atom stereocenters. The highest BCUT2D eigenvalue weighted by Crippen LogP contribution is 2.47. The Labute approximate surface area is 159 Å². The maximum absolute atomic E-state index is 4.38. The second kappa shape index (κ2) is 10.3. The fraction of sp³-hybridized carbons (Fsp3) is 1.00. The van der Waals surface area contributed by atoms with Gasteiger partial charge in [-0.05, 0) is 62.2 Å². The fourth-order valence-corrected chi connectivity index (χ4v) is 6.36.